The lowest BCUT2D eigenvalue weighted by Gasteiger charge is -2.22. The van der Waals surface area contributed by atoms with Crippen molar-refractivity contribution in [2.45, 2.75) is 45.6 Å². The summed E-state index contributed by atoms with van der Waals surface area (Å²) in [6.45, 7) is 4.61. The average Bonchev–Trinajstić information content (AvgIpc) is 3.35. The number of aromatic nitrogens is 2. The van der Waals surface area contributed by atoms with Crippen LogP contribution >= 0.6 is 11.3 Å². The Morgan fingerprint density at radius 3 is 3.00 bits per heavy atom. The number of carbonyl (C=O) groups is 1. The molecule has 1 saturated heterocycles. The lowest BCUT2D eigenvalue weighted by atomic mass is 10.1. The third kappa shape index (κ3) is 3.99. The van der Waals surface area contributed by atoms with Crippen LogP contribution in [-0.4, -0.2) is 27.3 Å². The molecule has 1 atom stereocenters. The topological polar surface area (TPSA) is 59.2 Å². The fourth-order valence-electron chi connectivity index (χ4n) is 3.70. The number of benzene rings is 1. The van der Waals surface area contributed by atoms with Gasteiger partial charge in [-0.05, 0) is 44.4 Å². The number of aryl methyl sites for hydroxylation is 2. The molecule has 0 aliphatic carbocycles. The molecule has 2 aromatic heterocycles. The molecule has 0 N–H and O–H groups in total. The van der Waals surface area contributed by atoms with Gasteiger partial charge >= 0.3 is 0 Å². The predicted octanol–water partition coefficient (Wildman–Crippen LogP) is 4.38. The second kappa shape index (κ2) is 7.83. The summed E-state index contributed by atoms with van der Waals surface area (Å²) >= 11 is 1.58. The molecular weight excluding hydrogens is 377 g/mol. The van der Waals surface area contributed by atoms with E-state index >= 15 is 0 Å². The van der Waals surface area contributed by atoms with Crippen molar-refractivity contribution in [1.82, 2.24) is 14.9 Å². The molecule has 3 heterocycles. The molecule has 5 nitrogen and oxygen atoms in total. The highest BCUT2D eigenvalue weighted by Gasteiger charge is 2.33. The molecule has 1 aliphatic rings. The Morgan fingerprint density at radius 2 is 2.25 bits per heavy atom. The first-order valence-electron chi connectivity index (χ1n) is 9.41. The van der Waals surface area contributed by atoms with Crippen LogP contribution in [0.3, 0.4) is 0 Å². The van der Waals surface area contributed by atoms with Gasteiger partial charge in [-0.2, -0.15) is 0 Å². The van der Waals surface area contributed by atoms with E-state index in [2.05, 4.69) is 9.97 Å². The van der Waals surface area contributed by atoms with Crippen LogP contribution in [0.25, 0.3) is 0 Å². The fraction of sp³-hybridized carbons (Fsp3) is 0.381. The third-order valence-electron chi connectivity index (χ3n) is 5.01. The number of nitrogens with zero attached hydrogens (tertiary/aromatic N) is 3. The van der Waals surface area contributed by atoms with Crippen molar-refractivity contribution in [2.75, 3.05) is 6.54 Å². The minimum absolute atomic E-state index is 0.0825. The maximum atomic E-state index is 13.4. The van der Waals surface area contributed by atoms with Crippen molar-refractivity contribution in [3.63, 3.8) is 0 Å². The minimum Gasteiger partial charge on any atom is -0.443 e. The van der Waals surface area contributed by atoms with E-state index < -0.39 is 0 Å². The Balaban J connectivity index is 1.47. The van der Waals surface area contributed by atoms with Gasteiger partial charge in [0, 0.05) is 17.8 Å². The van der Waals surface area contributed by atoms with Gasteiger partial charge < -0.3 is 9.32 Å². The number of hydrogen-bond acceptors (Lipinski definition) is 5. The maximum absolute atomic E-state index is 13.4. The zero-order valence-corrected chi connectivity index (χ0v) is 16.8. The van der Waals surface area contributed by atoms with Crippen LogP contribution in [-0.2, 0) is 17.6 Å². The van der Waals surface area contributed by atoms with E-state index in [1.807, 2.05) is 24.8 Å². The predicted molar refractivity (Wildman–Crippen MR) is 105 cm³/mol. The molecule has 3 aromatic rings. The molecule has 146 valence electrons. The normalized spacial score (nSPS) is 16.7. The number of thiazole rings is 1. The van der Waals surface area contributed by atoms with Gasteiger partial charge in [0.05, 0.1) is 23.3 Å². The number of likely N-dealkylation sites (tertiary alicyclic amines) is 1. The number of rotatable bonds is 5. The van der Waals surface area contributed by atoms with E-state index in [1.54, 1.807) is 23.6 Å². The highest BCUT2D eigenvalue weighted by molar-refractivity contribution is 7.11. The third-order valence-corrected chi connectivity index (χ3v) is 6.08. The standard InChI is InChI=1S/C21H22FN3O2S/c1-13-19(28-14(2)24-13)11-20(26)25-8-4-7-18(25)21-23-12-17(27-21)10-15-5-3-6-16(22)9-15/h3,5-6,9,12,18H,4,7-8,10-11H2,1-2H3. The molecule has 1 amide bonds. The van der Waals surface area contributed by atoms with Crippen molar-refractivity contribution in [3.8, 4) is 0 Å². The van der Waals surface area contributed by atoms with E-state index in [-0.39, 0.29) is 17.8 Å². The van der Waals surface area contributed by atoms with Gasteiger partial charge in [-0.1, -0.05) is 12.1 Å². The fourth-order valence-corrected chi connectivity index (χ4v) is 4.63. The highest BCUT2D eigenvalue weighted by atomic mass is 32.1. The van der Waals surface area contributed by atoms with Crippen LogP contribution in [0.15, 0.2) is 34.9 Å². The molecule has 7 heteroatoms. The van der Waals surface area contributed by atoms with Crippen LogP contribution in [0, 0.1) is 19.7 Å². The smallest absolute Gasteiger partial charge is 0.228 e. The maximum Gasteiger partial charge on any atom is 0.228 e. The molecule has 0 bridgehead atoms. The van der Waals surface area contributed by atoms with E-state index in [1.165, 1.54) is 12.1 Å². The molecule has 1 aromatic carbocycles. The number of amides is 1. The van der Waals surface area contributed by atoms with Gasteiger partial charge in [0.2, 0.25) is 11.8 Å². The van der Waals surface area contributed by atoms with E-state index in [0.717, 1.165) is 34.0 Å². The molecule has 28 heavy (non-hydrogen) atoms. The van der Waals surface area contributed by atoms with Crippen molar-refractivity contribution in [3.05, 3.63) is 69.1 Å². The molecule has 0 radical (unpaired) electrons. The lowest BCUT2D eigenvalue weighted by Crippen LogP contribution is -2.32. The first kappa shape index (κ1) is 18.8. The number of oxazole rings is 1. The molecule has 0 spiro atoms. The first-order chi connectivity index (χ1) is 13.5. The van der Waals surface area contributed by atoms with E-state index in [0.29, 0.717) is 31.0 Å². The molecule has 0 saturated carbocycles. The zero-order chi connectivity index (χ0) is 19.7. The average molecular weight is 399 g/mol. The Kier molecular flexibility index (Phi) is 5.26. The largest absolute Gasteiger partial charge is 0.443 e. The number of halogens is 1. The molecule has 1 aliphatic heterocycles. The van der Waals surface area contributed by atoms with Crippen LogP contribution < -0.4 is 0 Å². The van der Waals surface area contributed by atoms with Gasteiger partial charge in [-0.15, -0.1) is 11.3 Å². The highest BCUT2D eigenvalue weighted by Crippen LogP contribution is 2.33. The summed E-state index contributed by atoms with van der Waals surface area (Å²) in [6.07, 6.45) is 4.29. The van der Waals surface area contributed by atoms with Crippen LogP contribution in [0.2, 0.25) is 0 Å². The van der Waals surface area contributed by atoms with Crippen LogP contribution in [0.5, 0.6) is 0 Å². The zero-order valence-electron chi connectivity index (χ0n) is 15.9. The van der Waals surface area contributed by atoms with Crippen molar-refractivity contribution in [2.24, 2.45) is 0 Å². The van der Waals surface area contributed by atoms with Gasteiger partial charge in [0.15, 0.2) is 0 Å². The summed E-state index contributed by atoms with van der Waals surface area (Å²) in [5, 5.41) is 0.980. The summed E-state index contributed by atoms with van der Waals surface area (Å²) in [7, 11) is 0. The summed E-state index contributed by atoms with van der Waals surface area (Å²) in [5.41, 5.74) is 1.76. The number of hydrogen-bond donors (Lipinski definition) is 0. The summed E-state index contributed by atoms with van der Waals surface area (Å²) in [6, 6.07) is 6.32. The quantitative estimate of drug-likeness (QED) is 0.639. The second-order valence-corrected chi connectivity index (χ2v) is 8.42. The van der Waals surface area contributed by atoms with Gasteiger partial charge in [0.25, 0.3) is 0 Å². The van der Waals surface area contributed by atoms with E-state index in [4.69, 9.17) is 4.42 Å². The Bertz CT molecular complexity index is 997. The van der Waals surface area contributed by atoms with Crippen molar-refractivity contribution >= 4 is 17.2 Å². The summed E-state index contributed by atoms with van der Waals surface area (Å²) in [5.74, 6) is 1.06. The monoisotopic (exact) mass is 399 g/mol. The van der Waals surface area contributed by atoms with Crippen LogP contribution in [0.1, 0.15) is 51.7 Å². The van der Waals surface area contributed by atoms with Gasteiger partial charge in [0.1, 0.15) is 17.6 Å². The lowest BCUT2D eigenvalue weighted by molar-refractivity contribution is -0.131. The first-order valence-corrected chi connectivity index (χ1v) is 10.2. The Hall–Kier alpha value is -2.54. The second-order valence-electron chi connectivity index (χ2n) is 7.13. The molecular formula is C21H22FN3O2S. The van der Waals surface area contributed by atoms with Crippen molar-refractivity contribution < 1.29 is 13.6 Å². The summed E-state index contributed by atoms with van der Waals surface area (Å²) < 4.78 is 19.3. The SMILES string of the molecule is Cc1nc(C)c(CC(=O)N2CCCC2c2ncc(Cc3cccc(F)c3)o2)s1. The van der Waals surface area contributed by atoms with Crippen LogP contribution in [0.4, 0.5) is 4.39 Å². The van der Waals surface area contributed by atoms with Gasteiger partial charge in [-0.25, -0.2) is 14.4 Å². The number of carbonyl (C=O) groups excluding carboxylic acids is 1. The summed E-state index contributed by atoms with van der Waals surface area (Å²) in [4.78, 5) is 24.6. The minimum atomic E-state index is -0.265. The molecule has 1 fully saturated rings. The van der Waals surface area contributed by atoms with Gasteiger partial charge in [-0.3, -0.25) is 4.79 Å². The Morgan fingerprint density at radius 1 is 1.39 bits per heavy atom. The van der Waals surface area contributed by atoms with E-state index in [9.17, 15) is 9.18 Å². The van der Waals surface area contributed by atoms with Crippen molar-refractivity contribution in [1.29, 1.82) is 0 Å². The Labute approximate surface area is 167 Å². The molecule has 1 unspecified atom stereocenters. The molecule has 4 rings (SSSR count).